The summed E-state index contributed by atoms with van der Waals surface area (Å²) >= 11 is 0. The third-order valence-electron chi connectivity index (χ3n) is 3.20. The van der Waals surface area contributed by atoms with E-state index in [-0.39, 0.29) is 24.3 Å². The molecule has 116 valence electrons. The van der Waals surface area contributed by atoms with Gasteiger partial charge in [0.15, 0.2) is 0 Å². The van der Waals surface area contributed by atoms with Gasteiger partial charge in [0.05, 0.1) is 12.1 Å². The lowest BCUT2D eigenvalue weighted by atomic mass is 10.1. The number of rotatable bonds is 5. The Bertz CT molecular complexity index is 721. The largest absolute Gasteiger partial charge is 0.345 e. The first-order valence-corrected chi connectivity index (χ1v) is 7.08. The number of aromatic nitrogens is 1. The van der Waals surface area contributed by atoms with Crippen LogP contribution in [0.25, 0.3) is 0 Å². The van der Waals surface area contributed by atoms with Crippen molar-refractivity contribution in [1.29, 1.82) is 5.26 Å². The predicted octanol–water partition coefficient (Wildman–Crippen LogP) is 2.42. The summed E-state index contributed by atoms with van der Waals surface area (Å²) in [5, 5.41) is 13.9. The molecule has 1 aromatic carbocycles. The number of amides is 2. The minimum atomic E-state index is -0.380. The highest BCUT2D eigenvalue weighted by Crippen LogP contribution is 2.13. The fourth-order valence-corrected chi connectivity index (χ4v) is 1.98. The van der Waals surface area contributed by atoms with Crippen LogP contribution in [0.5, 0.6) is 0 Å². The average molecular weight is 308 g/mol. The van der Waals surface area contributed by atoms with Gasteiger partial charge in [-0.2, -0.15) is 5.26 Å². The van der Waals surface area contributed by atoms with Crippen LogP contribution in [0.2, 0.25) is 0 Å². The SMILES string of the molecule is CC(NC(=O)c1ccc(NC(=O)CC#N)cc1)c1cccnc1. The topological polar surface area (TPSA) is 94.9 Å². The van der Waals surface area contributed by atoms with E-state index < -0.39 is 0 Å². The van der Waals surface area contributed by atoms with Gasteiger partial charge in [0, 0.05) is 23.6 Å². The number of pyridine rings is 1. The maximum absolute atomic E-state index is 12.2. The molecular weight excluding hydrogens is 292 g/mol. The summed E-state index contributed by atoms with van der Waals surface area (Å²) in [6.07, 6.45) is 3.18. The van der Waals surface area contributed by atoms with Crippen molar-refractivity contribution in [2.75, 3.05) is 5.32 Å². The van der Waals surface area contributed by atoms with Crippen LogP contribution in [0, 0.1) is 11.3 Å². The summed E-state index contributed by atoms with van der Waals surface area (Å²) in [5.41, 5.74) is 1.95. The lowest BCUT2D eigenvalue weighted by Crippen LogP contribution is -2.26. The molecule has 0 fully saturated rings. The zero-order chi connectivity index (χ0) is 16.7. The molecule has 0 radical (unpaired) electrons. The van der Waals surface area contributed by atoms with Crippen molar-refractivity contribution in [2.24, 2.45) is 0 Å². The molecule has 6 nitrogen and oxygen atoms in total. The zero-order valence-corrected chi connectivity index (χ0v) is 12.6. The van der Waals surface area contributed by atoms with Crippen LogP contribution in [0.3, 0.4) is 0 Å². The lowest BCUT2D eigenvalue weighted by molar-refractivity contribution is -0.115. The monoisotopic (exact) mass is 308 g/mol. The van der Waals surface area contributed by atoms with Gasteiger partial charge in [-0.1, -0.05) is 6.07 Å². The number of nitrogens with one attached hydrogen (secondary N) is 2. The van der Waals surface area contributed by atoms with E-state index in [4.69, 9.17) is 5.26 Å². The Morgan fingerprint density at radius 3 is 2.61 bits per heavy atom. The Morgan fingerprint density at radius 1 is 1.26 bits per heavy atom. The van der Waals surface area contributed by atoms with Crippen LogP contribution in [0.15, 0.2) is 48.8 Å². The first-order chi connectivity index (χ1) is 11.1. The van der Waals surface area contributed by atoms with Crippen molar-refractivity contribution < 1.29 is 9.59 Å². The van der Waals surface area contributed by atoms with E-state index in [0.717, 1.165) is 5.56 Å². The number of nitriles is 1. The molecule has 0 aliphatic heterocycles. The average Bonchev–Trinajstić information content (AvgIpc) is 2.56. The molecule has 6 heteroatoms. The van der Waals surface area contributed by atoms with Gasteiger partial charge in [0.2, 0.25) is 5.91 Å². The van der Waals surface area contributed by atoms with Gasteiger partial charge in [-0.3, -0.25) is 14.6 Å². The molecule has 1 aromatic heterocycles. The third-order valence-corrected chi connectivity index (χ3v) is 3.20. The first-order valence-electron chi connectivity index (χ1n) is 7.08. The van der Waals surface area contributed by atoms with E-state index in [0.29, 0.717) is 11.3 Å². The Balaban J connectivity index is 1.98. The minimum absolute atomic E-state index is 0.161. The lowest BCUT2D eigenvalue weighted by Gasteiger charge is -2.14. The number of carbonyl (C=O) groups excluding carboxylic acids is 2. The molecular formula is C17H16N4O2. The maximum atomic E-state index is 12.2. The molecule has 1 unspecified atom stereocenters. The number of benzene rings is 1. The molecule has 0 bridgehead atoms. The second-order valence-electron chi connectivity index (χ2n) is 4.94. The molecule has 0 saturated carbocycles. The minimum Gasteiger partial charge on any atom is -0.345 e. The van der Waals surface area contributed by atoms with Crippen molar-refractivity contribution in [3.8, 4) is 6.07 Å². The van der Waals surface area contributed by atoms with Gasteiger partial charge in [0.25, 0.3) is 5.91 Å². The molecule has 2 N–H and O–H groups in total. The second kappa shape index (κ2) is 7.71. The quantitative estimate of drug-likeness (QED) is 0.886. The van der Waals surface area contributed by atoms with Gasteiger partial charge in [-0.15, -0.1) is 0 Å². The van der Waals surface area contributed by atoms with E-state index >= 15 is 0 Å². The van der Waals surface area contributed by atoms with Crippen molar-refractivity contribution in [3.05, 3.63) is 59.9 Å². The molecule has 0 aliphatic rings. The molecule has 0 spiro atoms. The van der Waals surface area contributed by atoms with Crippen LogP contribution in [-0.4, -0.2) is 16.8 Å². The van der Waals surface area contributed by atoms with Crippen LogP contribution >= 0.6 is 0 Å². The van der Waals surface area contributed by atoms with Crippen LogP contribution < -0.4 is 10.6 Å². The van der Waals surface area contributed by atoms with Crippen molar-refractivity contribution in [1.82, 2.24) is 10.3 Å². The second-order valence-corrected chi connectivity index (χ2v) is 4.94. The van der Waals surface area contributed by atoms with Gasteiger partial charge >= 0.3 is 0 Å². The molecule has 0 saturated heterocycles. The van der Waals surface area contributed by atoms with E-state index in [9.17, 15) is 9.59 Å². The molecule has 2 rings (SSSR count). The Kier molecular flexibility index (Phi) is 5.42. The number of hydrogen-bond acceptors (Lipinski definition) is 4. The number of hydrogen-bond donors (Lipinski definition) is 2. The van der Waals surface area contributed by atoms with E-state index in [2.05, 4.69) is 15.6 Å². The standard InChI is InChI=1S/C17H16N4O2/c1-12(14-3-2-10-19-11-14)20-17(23)13-4-6-15(7-5-13)21-16(22)8-9-18/h2-7,10-12H,8H2,1H3,(H,20,23)(H,21,22). The van der Waals surface area contributed by atoms with Crippen molar-refractivity contribution in [3.63, 3.8) is 0 Å². The Morgan fingerprint density at radius 2 is 2.00 bits per heavy atom. The molecule has 2 amide bonds. The number of nitrogens with zero attached hydrogens (tertiary/aromatic N) is 2. The summed E-state index contributed by atoms with van der Waals surface area (Å²) in [6.45, 7) is 1.88. The zero-order valence-electron chi connectivity index (χ0n) is 12.6. The highest BCUT2D eigenvalue weighted by Gasteiger charge is 2.11. The molecule has 0 aliphatic carbocycles. The normalized spacial score (nSPS) is 11.1. The smallest absolute Gasteiger partial charge is 0.251 e. The number of carbonyl (C=O) groups is 2. The molecule has 2 aromatic rings. The summed E-state index contributed by atoms with van der Waals surface area (Å²) in [7, 11) is 0. The van der Waals surface area contributed by atoms with Crippen molar-refractivity contribution >= 4 is 17.5 Å². The summed E-state index contributed by atoms with van der Waals surface area (Å²) in [4.78, 5) is 27.5. The number of anilines is 1. The summed E-state index contributed by atoms with van der Waals surface area (Å²) in [5.74, 6) is -0.592. The predicted molar refractivity (Wildman–Crippen MR) is 85.4 cm³/mol. The fraction of sp³-hybridized carbons (Fsp3) is 0.176. The van der Waals surface area contributed by atoms with Crippen LogP contribution in [0.4, 0.5) is 5.69 Å². The molecule has 1 atom stereocenters. The molecule has 1 heterocycles. The maximum Gasteiger partial charge on any atom is 0.251 e. The van der Waals surface area contributed by atoms with E-state index in [1.54, 1.807) is 42.7 Å². The third kappa shape index (κ3) is 4.64. The van der Waals surface area contributed by atoms with Gasteiger partial charge < -0.3 is 10.6 Å². The molecule has 23 heavy (non-hydrogen) atoms. The van der Waals surface area contributed by atoms with E-state index in [1.807, 2.05) is 19.1 Å². The Labute approximate surface area is 134 Å². The van der Waals surface area contributed by atoms with Gasteiger partial charge in [-0.05, 0) is 42.8 Å². The van der Waals surface area contributed by atoms with Gasteiger partial charge in [0.1, 0.15) is 6.42 Å². The van der Waals surface area contributed by atoms with Crippen LogP contribution in [0.1, 0.15) is 35.3 Å². The first kappa shape index (κ1) is 16.2. The van der Waals surface area contributed by atoms with Gasteiger partial charge in [-0.25, -0.2) is 0 Å². The Hall–Kier alpha value is -3.20. The summed E-state index contributed by atoms with van der Waals surface area (Å²) in [6, 6.07) is 11.8. The highest BCUT2D eigenvalue weighted by molar-refractivity contribution is 5.96. The summed E-state index contributed by atoms with van der Waals surface area (Å²) < 4.78 is 0. The highest BCUT2D eigenvalue weighted by atomic mass is 16.2. The van der Waals surface area contributed by atoms with Crippen molar-refractivity contribution in [2.45, 2.75) is 19.4 Å². The van der Waals surface area contributed by atoms with Crippen LogP contribution in [-0.2, 0) is 4.79 Å². The van der Waals surface area contributed by atoms with E-state index in [1.165, 1.54) is 0 Å². The fourth-order valence-electron chi connectivity index (χ4n) is 1.98.